The van der Waals surface area contributed by atoms with Crippen LogP contribution < -0.4 is 5.73 Å². The van der Waals surface area contributed by atoms with Crippen LogP contribution in [0.3, 0.4) is 0 Å². The standard InChI is InChI=1S/C24H26F2N6/c1-16-15-17(2)29-24(28-16)30-23(27)32-13-11-31(12-14-32)22(18-3-7-20(25)8-4-18)19-5-9-21(26)10-6-19/h3-10,15,22H,11-14H2,1-2H3,(H2,27,28,29,30). The summed E-state index contributed by atoms with van der Waals surface area (Å²) in [5.41, 5.74) is 9.85. The van der Waals surface area contributed by atoms with Crippen molar-refractivity contribution in [1.29, 1.82) is 0 Å². The summed E-state index contributed by atoms with van der Waals surface area (Å²) >= 11 is 0. The summed E-state index contributed by atoms with van der Waals surface area (Å²) < 4.78 is 27.0. The number of nitrogens with two attached hydrogens (primary N) is 1. The van der Waals surface area contributed by atoms with Crippen molar-refractivity contribution in [1.82, 2.24) is 19.8 Å². The minimum absolute atomic E-state index is 0.112. The van der Waals surface area contributed by atoms with Crippen LogP contribution in [0.1, 0.15) is 28.6 Å². The Morgan fingerprint density at radius 2 is 1.31 bits per heavy atom. The quantitative estimate of drug-likeness (QED) is 0.499. The number of hydrogen-bond acceptors (Lipinski definition) is 4. The first-order valence-electron chi connectivity index (χ1n) is 10.6. The summed E-state index contributed by atoms with van der Waals surface area (Å²) in [6, 6.07) is 14.7. The van der Waals surface area contributed by atoms with Crippen molar-refractivity contribution in [2.45, 2.75) is 19.9 Å². The molecule has 1 fully saturated rings. The number of halogens is 2. The van der Waals surface area contributed by atoms with E-state index in [0.717, 1.165) is 22.5 Å². The lowest BCUT2D eigenvalue weighted by atomic mass is 9.96. The van der Waals surface area contributed by atoms with E-state index in [9.17, 15) is 8.78 Å². The maximum absolute atomic E-state index is 13.5. The first-order chi connectivity index (χ1) is 15.4. The van der Waals surface area contributed by atoms with E-state index in [0.29, 0.717) is 38.1 Å². The number of nitrogens with zero attached hydrogens (tertiary/aromatic N) is 5. The Bertz CT molecular complexity index is 1020. The summed E-state index contributed by atoms with van der Waals surface area (Å²) in [7, 11) is 0. The molecule has 2 aromatic carbocycles. The van der Waals surface area contributed by atoms with Crippen molar-refractivity contribution in [2.75, 3.05) is 26.2 Å². The Morgan fingerprint density at radius 1 is 0.844 bits per heavy atom. The fourth-order valence-corrected chi connectivity index (χ4v) is 4.04. The van der Waals surface area contributed by atoms with Gasteiger partial charge in [-0.05, 0) is 55.3 Å². The molecule has 166 valence electrons. The second kappa shape index (κ2) is 9.40. The summed E-state index contributed by atoms with van der Waals surface area (Å²) in [5, 5.41) is 0. The van der Waals surface area contributed by atoms with Crippen molar-refractivity contribution < 1.29 is 8.78 Å². The molecule has 0 bridgehead atoms. The van der Waals surface area contributed by atoms with Gasteiger partial charge in [-0.15, -0.1) is 0 Å². The molecule has 6 nitrogen and oxygen atoms in total. The molecule has 0 saturated carbocycles. The van der Waals surface area contributed by atoms with Gasteiger partial charge in [0.2, 0.25) is 0 Å². The number of aliphatic imine (C=N–C) groups is 1. The third-order valence-electron chi connectivity index (χ3n) is 5.56. The van der Waals surface area contributed by atoms with Crippen molar-refractivity contribution in [3.8, 4) is 0 Å². The van der Waals surface area contributed by atoms with Crippen LogP contribution in [0.2, 0.25) is 0 Å². The van der Waals surface area contributed by atoms with Gasteiger partial charge >= 0.3 is 0 Å². The molecule has 2 N–H and O–H groups in total. The Labute approximate surface area is 186 Å². The Morgan fingerprint density at radius 3 is 1.78 bits per heavy atom. The van der Waals surface area contributed by atoms with E-state index in [2.05, 4.69) is 19.9 Å². The summed E-state index contributed by atoms with van der Waals surface area (Å²) in [5.74, 6) is 0.177. The second-order valence-corrected chi connectivity index (χ2v) is 7.95. The van der Waals surface area contributed by atoms with Gasteiger partial charge in [-0.1, -0.05) is 24.3 Å². The maximum atomic E-state index is 13.5. The van der Waals surface area contributed by atoms with Crippen LogP contribution in [0.25, 0.3) is 0 Å². The molecule has 4 rings (SSSR count). The highest BCUT2D eigenvalue weighted by Crippen LogP contribution is 2.30. The van der Waals surface area contributed by atoms with Crippen molar-refractivity contribution in [3.05, 3.63) is 88.7 Å². The van der Waals surface area contributed by atoms with E-state index in [-0.39, 0.29) is 17.7 Å². The minimum atomic E-state index is -0.283. The lowest BCUT2D eigenvalue weighted by molar-refractivity contribution is 0.149. The van der Waals surface area contributed by atoms with Gasteiger partial charge in [-0.3, -0.25) is 4.90 Å². The van der Waals surface area contributed by atoms with Crippen molar-refractivity contribution in [3.63, 3.8) is 0 Å². The molecular weight excluding hydrogens is 410 g/mol. The molecule has 0 atom stereocenters. The average Bonchev–Trinajstić information content (AvgIpc) is 2.76. The summed E-state index contributed by atoms with van der Waals surface area (Å²) in [6.07, 6.45) is 0. The molecule has 2 heterocycles. The van der Waals surface area contributed by atoms with Gasteiger partial charge in [0, 0.05) is 37.6 Å². The lowest BCUT2D eigenvalue weighted by Crippen LogP contribution is -2.52. The summed E-state index contributed by atoms with van der Waals surface area (Å²) in [4.78, 5) is 17.4. The number of aryl methyl sites for hydroxylation is 2. The molecule has 1 aliphatic heterocycles. The van der Waals surface area contributed by atoms with Gasteiger partial charge in [0.25, 0.3) is 5.95 Å². The van der Waals surface area contributed by atoms with Crippen LogP contribution in [0, 0.1) is 25.5 Å². The number of aromatic nitrogens is 2. The molecule has 1 saturated heterocycles. The van der Waals surface area contributed by atoms with Gasteiger partial charge in [0.05, 0.1) is 6.04 Å². The Kier molecular flexibility index (Phi) is 6.41. The third kappa shape index (κ3) is 5.08. The average molecular weight is 437 g/mol. The molecule has 8 heteroatoms. The predicted octanol–water partition coefficient (Wildman–Crippen LogP) is 3.73. The minimum Gasteiger partial charge on any atom is -0.369 e. The highest BCUT2D eigenvalue weighted by molar-refractivity contribution is 5.80. The van der Waals surface area contributed by atoms with Crippen molar-refractivity contribution >= 4 is 11.9 Å². The monoisotopic (exact) mass is 436 g/mol. The molecule has 0 aliphatic carbocycles. The maximum Gasteiger partial charge on any atom is 0.253 e. The smallest absolute Gasteiger partial charge is 0.253 e. The van der Waals surface area contributed by atoms with E-state index in [4.69, 9.17) is 5.73 Å². The third-order valence-corrected chi connectivity index (χ3v) is 5.56. The molecule has 1 aliphatic rings. The Hall–Kier alpha value is -3.39. The number of rotatable bonds is 4. The molecule has 32 heavy (non-hydrogen) atoms. The molecular formula is C24H26F2N6. The molecule has 0 unspecified atom stereocenters. The van der Waals surface area contributed by atoms with E-state index in [1.807, 2.05) is 24.8 Å². The summed E-state index contributed by atoms with van der Waals surface area (Å²) in [6.45, 7) is 6.55. The SMILES string of the molecule is Cc1cc(C)nc(/N=C(\N)N2CCN(C(c3ccc(F)cc3)c3ccc(F)cc3)CC2)n1. The first kappa shape index (κ1) is 21.8. The molecule has 0 amide bonds. The number of benzene rings is 2. The topological polar surface area (TPSA) is 70.6 Å². The largest absolute Gasteiger partial charge is 0.369 e. The first-order valence-corrected chi connectivity index (χ1v) is 10.6. The van der Waals surface area contributed by atoms with E-state index in [1.165, 1.54) is 24.3 Å². The number of hydrogen-bond donors (Lipinski definition) is 1. The van der Waals surface area contributed by atoms with Crippen LogP contribution in [-0.4, -0.2) is 51.9 Å². The zero-order valence-corrected chi connectivity index (χ0v) is 18.2. The van der Waals surface area contributed by atoms with Gasteiger partial charge in [0.15, 0.2) is 5.96 Å². The molecule has 1 aromatic heterocycles. The molecule has 3 aromatic rings. The zero-order chi connectivity index (χ0) is 22.7. The lowest BCUT2D eigenvalue weighted by Gasteiger charge is -2.40. The fraction of sp³-hybridized carbons (Fsp3) is 0.292. The van der Waals surface area contributed by atoms with E-state index < -0.39 is 0 Å². The normalized spacial score (nSPS) is 15.4. The van der Waals surface area contributed by atoms with Crippen molar-refractivity contribution in [2.24, 2.45) is 10.7 Å². The fourth-order valence-electron chi connectivity index (χ4n) is 4.04. The van der Waals surface area contributed by atoms with Gasteiger partial charge < -0.3 is 10.6 Å². The number of piperazine rings is 1. The van der Waals surface area contributed by atoms with Crippen LogP contribution in [0.4, 0.5) is 14.7 Å². The van der Waals surface area contributed by atoms with Gasteiger partial charge in [-0.25, -0.2) is 18.7 Å². The highest BCUT2D eigenvalue weighted by Gasteiger charge is 2.27. The van der Waals surface area contributed by atoms with Crippen LogP contribution in [-0.2, 0) is 0 Å². The number of guanidine groups is 1. The van der Waals surface area contributed by atoms with Gasteiger partial charge in [0.1, 0.15) is 11.6 Å². The van der Waals surface area contributed by atoms with Crippen LogP contribution >= 0.6 is 0 Å². The zero-order valence-electron chi connectivity index (χ0n) is 18.2. The van der Waals surface area contributed by atoms with Gasteiger partial charge in [-0.2, -0.15) is 4.99 Å². The van der Waals surface area contributed by atoms with E-state index in [1.54, 1.807) is 24.3 Å². The highest BCUT2D eigenvalue weighted by atomic mass is 19.1. The predicted molar refractivity (Wildman–Crippen MR) is 121 cm³/mol. The van der Waals surface area contributed by atoms with Crippen LogP contribution in [0.5, 0.6) is 0 Å². The second-order valence-electron chi connectivity index (χ2n) is 7.95. The van der Waals surface area contributed by atoms with E-state index >= 15 is 0 Å². The molecule has 0 spiro atoms. The Balaban J connectivity index is 1.52. The molecule has 0 radical (unpaired) electrons. The van der Waals surface area contributed by atoms with Crippen LogP contribution in [0.15, 0.2) is 59.6 Å².